The maximum absolute atomic E-state index is 3.57. The molecule has 0 aromatic heterocycles. The standard InChI is InChI=1S/C12H16BrN/c1-10-4-6-11(7-5-10)12(13)8-9-14(2)3/h4-8H,9H2,1-3H3/b12-8-. The molecule has 1 aromatic rings. The Bertz CT molecular complexity index is 312. The lowest BCUT2D eigenvalue weighted by Crippen LogP contribution is -2.10. The molecule has 1 rings (SSSR count). The van der Waals surface area contributed by atoms with Crippen LogP contribution in [0.25, 0.3) is 4.48 Å². The molecule has 2 heteroatoms. The summed E-state index contributed by atoms with van der Waals surface area (Å²) < 4.78 is 1.16. The van der Waals surface area contributed by atoms with Gasteiger partial charge in [0.15, 0.2) is 0 Å². The zero-order valence-electron chi connectivity index (χ0n) is 8.92. The van der Waals surface area contributed by atoms with E-state index in [9.17, 15) is 0 Å². The Kier molecular flexibility index (Phi) is 4.36. The van der Waals surface area contributed by atoms with Gasteiger partial charge in [-0.2, -0.15) is 0 Å². The van der Waals surface area contributed by atoms with Gasteiger partial charge in [0.1, 0.15) is 0 Å². The van der Waals surface area contributed by atoms with Crippen LogP contribution in [0.15, 0.2) is 30.3 Å². The highest BCUT2D eigenvalue weighted by atomic mass is 79.9. The van der Waals surface area contributed by atoms with E-state index in [0.29, 0.717) is 0 Å². The third kappa shape index (κ3) is 3.64. The van der Waals surface area contributed by atoms with Gasteiger partial charge in [0, 0.05) is 11.0 Å². The quantitative estimate of drug-likeness (QED) is 0.800. The molecule has 0 saturated carbocycles. The number of hydrogen-bond donors (Lipinski definition) is 0. The second-order valence-electron chi connectivity index (χ2n) is 3.68. The molecule has 0 saturated heterocycles. The average molecular weight is 254 g/mol. The van der Waals surface area contributed by atoms with Crippen LogP contribution < -0.4 is 0 Å². The van der Waals surface area contributed by atoms with Gasteiger partial charge in [-0.3, -0.25) is 0 Å². The van der Waals surface area contributed by atoms with Crippen LogP contribution in [0.3, 0.4) is 0 Å². The fourth-order valence-corrected chi connectivity index (χ4v) is 1.50. The van der Waals surface area contributed by atoms with Crippen LogP contribution in [0.5, 0.6) is 0 Å². The summed E-state index contributed by atoms with van der Waals surface area (Å²) in [6, 6.07) is 8.51. The van der Waals surface area contributed by atoms with Crippen molar-refractivity contribution in [3.63, 3.8) is 0 Å². The van der Waals surface area contributed by atoms with Crippen LogP contribution >= 0.6 is 15.9 Å². The van der Waals surface area contributed by atoms with Crippen molar-refractivity contribution < 1.29 is 0 Å². The maximum Gasteiger partial charge on any atom is 0.0220 e. The van der Waals surface area contributed by atoms with Gasteiger partial charge >= 0.3 is 0 Å². The SMILES string of the molecule is Cc1ccc(/C(Br)=C/CN(C)C)cc1. The minimum atomic E-state index is 0.953. The average Bonchev–Trinajstić information content (AvgIpc) is 2.15. The molecule has 0 spiro atoms. The summed E-state index contributed by atoms with van der Waals surface area (Å²) in [4.78, 5) is 2.13. The molecule has 1 nitrogen and oxygen atoms in total. The van der Waals surface area contributed by atoms with Crippen LogP contribution in [0.4, 0.5) is 0 Å². The summed E-state index contributed by atoms with van der Waals surface area (Å²) in [7, 11) is 4.12. The Balaban J connectivity index is 2.73. The summed E-state index contributed by atoms with van der Waals surface area (Å²) in [5.41, 5.74) is 2.53. The third-order valence-corrected chi connectivity index (χ3v) is 2.74. The largest absolute Gasteiger partial charge is 0.306 e. The zero-order chi connectivity index (χ0) is 10.6. The molecular formula is C12H16BrN. The molecule has 0 fully saturated rings. The van der Waals surface area contributed by atoms with Gasteiger partial charge in [-0.15, -0.1) is 0 Å². The lowest BCUT2D eigenvalue weighted by molar-refractivity contribution is 0.457. The van der Waals surface area contributed by atoms with E-state index < -0.39 is 0 Å². The fraction of sp³-hybridized carbons (Fsp3) is 0.333. The van der Waals surface area contributed by atoms with Crippen molar-refractivity contribution in [1.82, 2.24) is 4.90 Å². The van der Waals surface area contributed by atoms with E-state index in [1.165, 1.54) is 11.1 Å². The smallest absolute Gasteiger partial charge is 0.0220 e. The van der Waals surface area contributed by atoms with Crippen LogP contribution in [-0.4, -0.2) is 25.5 Å². The van der Waals surface area contributed by atoms with Crippen LogP contribution in [-0.2, 0) is 0 Å². The molecule has 0 radical (unpaired) electrons. The van der Waals surface area contributed by atoms with Gasteiger partial charge in [-0.25, -0.2) is 0 Å². The highest BCUT2D eigenvalue weighted by molar-refractivity contribution is 9.15. The van der Waals surface area contributed by atoms with Crippen LogP contribution in [0.1, 0.15) is 11.1 Å². The number of hydrogen-bond acceptors (Lipinski definition) is 1. The minimum absolute atomic E-state index is 0.953. The number of aryl methyl sites for hydroxylation is 1. The third-order valence-electron chi connectivity index (χ3n) is 1.96. The highest BCUT2D eigenvalue weighted by Crippen LogP contribution is 2.20. The second-order valence-corrected chi connectivity index (χ2v) is 4.53. The summed E-state index contributed by atoms with van der Waals surface area (Å²) >= 11 is 3.57. The van der Waals surface area contributed by atoms with E-state index in [1.54, 1.807) is 0 Å². The Morgan fingerprint density at radius 1 is 1.29 bits per heavy atom. The van der Waals surface area contributed by atoms with Gasteiger partial charge in [0.25, 0.3) is 0 Å². The fourth-order valence-electron chi connectivity index (χ4n) is 1.09. The van der Waals surface area contributed by atoms with E-state index in [1.807, 2.05) is 0 Å². The number of likely N-dealkylation sites (N-methyl/N-ethyl adjacent to an activating group) is 1. The first kappa shape index (κ1) is 11.5. The molecule has 0 atom stereocenters. The summed E-state index contributed by atoms with van der Waals surface area (Å²) in [6.45, 7) is 3.05. The molecule has 0 amide bonds. The number of halogens is 1. The molecule has 0 aliphatic heterocycles. The van der Waals surface area contributed by atoms with E-state index in [-0.39, 0.29) is 0 Å². The monoisotopic (exact) mass is 253 g/mol. The van der Waals surface area contributed by atoms with Crippen molar-refractivity contribution in [1.29, 1.82) is 0 Å². The number of rotatable bonds is 3. The predicted octanol–water partition coefficient (Wildman–Crippen LogP) is 3.29. The Morgan fingerprint density at radius 2 is 1.86 bits per heavy atom. The molecule has 0 aliphatic carbocycles. The topological polar surface area (TPSA) is 3.24 Å². The van der Waals surface area contributed by atoms with Gasteiger partial charge in [-0.1, -0.05) is 51.8 Å². The van der Waals surface area contributed by atoms with Gasteiger partial charge in [0.05, 0.1) is 0 Å². The van der Waals surface area contributed by atoms with Crippen LogP contribution in [0.2, 0.25) is 0 Å². The van der Waals surface area contributed by atoms with Gasteiger partial charge < -0.3 is 4.90 Å². The van der Waals surface area contributed by atoms with Crippen molar-refractivity contribution in [2.24, 2.45) is 0 Å². The maximum atomic E-state index is 3.57. The summed E-state index contributed by atoms with van der Waals surface area (Å²) in [5, 5.41) is 0. The Hall–Kier alpha value is -0.600. The summed E-state index contributed by atoms with van der Waals surface area (Å²) in [5.74, 6) is 0. The molecule has 0 N–H and O–H groups in total. The highest BCUT2D eigenvalue weighted by Gasteiger charge is 1.96. The van der Waals surface area contributed by atoms with Crippen molar-refractivity contribution >= 4 is 20.4 Å². The van der Waals surface area contributed by atoms with E-state index in [2.05, 4.69) is 72.2 Å². The first-order chi connectivity index (χ1) is 6.59. The Labute approximate surface area is 94.6 Å². The summed E-state index contributed by atoms with van der Waals surface area (Å²) in [6.07, 6.45) is 2.17. The molecule has 76 valence electrons. The van der Waals surface area contributed by atoms with Crippen molar-refractivity contribution in [3.8, 4) is 0 Å². The van der Waals surface area contributed by atoms with Crippen molar-refractivity contribution in [2.75, 3.05) is 20.6 Å². The normalized spacial score (nSPS) is 12.2. The van der Waals surface area contributed by atoms with Crippen molar-refractivity contribution in [3.05, 3.63) is 41.5 Å². The lowest BCUT2D eigenvalue weighted by Gasteiger charge is -2.06. The zero-order valence-corrected chi connectivity index (χ0v) is 10.5. The molecule has 0 heterocycles. The van der Waals surface area contributed by atoms with E-state index in [0.717, 1.165) is 11.0 Å². The lowest BCUT2D eigenvalue weighted by atomic mass is 10.1. The molecule has 0 unspecified atom stereocenters. The second kappa shape index (κ2) is 5.32. The number of benzene rings is 1. The van der Waals surface area contributed by atoms with E-state index in [4.69, 9.17) is 0 Å². The molecule has 1 aromatic carbocycles. The first-order valence-electron chi connectivity index (χ1n) is 4.67. The number of nitrogens with zero attached hydrogens (tertiary/aromatic N) is 1. The van der Waals surface area contributed by atoms with E-state index >= 15 is 0 Å². The predicted molar refractivity (Wildman–Crippen MR) is 66.6 cm³/mol. The van der Waals surface area contributed by atoms with Gasteiger partial charge in [0.2, 0.25) is 0 Å². The molecular weight excluding hydrogens is 238 g/mol. The minimum Gasteiger partial charge on any atom is -0.306 e. The van der Waals surface area contributed by atoms with Crippen molar-refractivity contribution in [2.45, 2.75) is 6.92 Å². The molecule has 0 bridgehead atoms. The molecule has 0 aliphatic rings. The molecule has 14 heavy (non-hydrogen) atoms. The van der Waals surface area contributed by atoms with Crippen LogP contribution in [0, 0.1) is 6.92 Å². The Morgan fingerprint density at radius 3 is 2.36 bits per heavy atom. The first-order valence-corrected chi connectivity index (χ1v) is 5.46. The van der Waals surface area contributed by atoms with Gasteiger partial charge in [-0.05, 0) is 26.6 Å².